The van der Waals surface area contributed by atoms with Crippen molar-refractivity contribution in [2.45, 2.75) is 52.6 Å². The van der Waals surface area contributed by atoms with Crippen LogP contribution >= 0.6 is 0 Å². The molecule has 128 valence electrons. The third-order valence-corrected chi connectivity index (χ3v) is 3.88. The quantitative estimate of drug-likeness (QED) is 0.779. The van der Waals surface area contributed by atoms with E-state index in [4.69, 9.17) is 4.74 Å². The summed E-state index contributed by atoms with van der Waals surface area (Å²) >= 11 is 0. The van der Waals surface area contributed by atoms with Crippen molar-refractivity contribution in [3.8, 4) is 0 Å². The number of hydrogen-bond acceptors (Lipinski definition) is 3. The molecule has 1 atom stereocenters. The minimum absolute atomic E-state index is 0.00418. The predicted molar refractivity (Wildman–Crippen MR) is 92.1 cm³/mol. The average Bonchev–Trinajstić information content (AvgIpc) is 2.43. The highest BCUT2D eigenvalue weighted by Gasteiger charge is 2.41. The van der Waals surface area contributed by atoms with Gasteiger partial charge in [0.05, 0.1) is 5.41 Å². The smallest absolute Gasteiger partial charge is 0.312 e. The lowest BCUT2D eigenvalue weighted by Gasteiger charge is -2.35. The molecule has 0 saturated carbocycles. The maximum Gasteiger partial charge on any atom is 0.312 e. The lowest BCUT2D eigenvalue weighted by atomic mass is 9.72. The zero-order valence-corrected chi connectivity index (χ0v) is 15.3. The van der Waals surface area contributed by atoms with Gasteiger partial charge in [0.2, 0.25) is 5.91 Å². The van der Waals surface area contributed by atoms with Crippen LogP contribution in [0.25, 0.3) is 0 Å². The Balaban J connectivity index is 3.17. The maximum absolute atomic E-state index is 12.7. The number of amides is 1. The summed E-state index contributed by atoms with van der Waals surface area (Å²) in [5.41, 5.74) is -0.389. The van der Waals surface area contributed by atoms with Crippen LogP contribution in [0.1, 0.15) is 52.5 Å². The van der Waals surface area contributed by atoms with Crippen LogP contribution in [0.2, 0.25) is 0 Å². The van der Waals surface area contributed by atoms with E-state index in [1.807, 2.05) is 65.0 Å². The molecule has 1 rings (SSSR count). The molecule has 0 aromatic heterocycles. The summed E-state index contributed by atoms with van der Waals surface area (Å²) in [5.74, 6) is -0.533. The fourth-order valence-corrected chi connectivity index (χ4v) is 2.38. The number of carbonyl (C=O) groups is 2. The first-order valence-electron chi connectivity index (χ1n) is 7.93. The van der Waals surface area contributed by atoms with E-state index in [-0.39, 0.29) is 24.2 Å². The molecule has 0 radical (unpaired) electrons. The minimum Gasteiger partial charge on any atom is -0.460 e. The van der Waals surface area contributed by atoms with Crippen LogP contribution in [0.5, 0.6) is 0 Å². The first kappa shape index (κ1) is 19.2. The van der Waals surface area contributed by atoms with Gasteiger partial charge in [-0.15, -0.1) is 0 Å². The number of rotatable bonds is 5. The molecule has 0 aliphatic rings. The van der Waals surface area contributed by atoms with Crippen molar-refractivity contribution in [1.82, 2.24) is 4.90 Å². The monoisotopic (exact) mass is 319 g/mol. The SMILES string of the molecule is CN(C)C(=O)CC(c1ccccc1)C(C)(C)C(=O)OC(C)(C)C. The van der Waals surface area contributed by atoms with Crippen molar-refractivity contribution < 1.29 is 14.3 Å². The largest absolute Gasteiger partial charge is 0.460 e. The van der Waals surface area contributed by atoms with Crippen molar-refractivity contribution in [2.24, 2.45) is 5.41 Å². The van der Waals surface area contributed by atoms with E-state index < -0.39 is 11.0 Å². The second-order valence-electron chi connectivity index (χ2n) is 7.68. The highest BCUT2D eigenvalue weighted by molar-refractivity contribution is 5.81. The molecule has 0 saturated heterocycles. The van der Waals surface area contributed by atoms with Gasteiger partial charge in [0, 0.05) is 26.4 Å². The van der Waals surface area contributed by atoms with E-state index >= 15 is 0 Å². The molecule has 23 heavy (non-hydrogen) atoms. The molecule has 0 aliphatic carbocycles. The molecule has 0 fully saturated rings. The third kappa shape index (κ3) is 5.38. The Labute approximate surface area is 139 Å². The molecular weight excluding hydrogens is 290 g/mol. The van der Waals surface area contributed by atoms with E-state index in [0.29, 0.717) is 0 Å². The number of carbonyl (C=O) groups excluding carboxylic acids is 2. The summed E-state index contributed by atoms with van der Waals surface area (Å²) in [6.45, 7) is 9.25. The highest BCUT2D eigenvalue weighted by Crippen LogP contribution is 2.40. The Hall–Kier alpha value is -1.84. The predicted octanol–water partition coefficient (Wildman–Crippen LogP) is 3.62. The van der Waals surface area contributed by atoms with Gasteiger partial charge in [-0.05, 0) is 40.2 Å². The number of benzene rings is 1. The Morgan fingerprint density at radius 2 is 1.57 bits per heavy atom. The van der Waals surface area contributed by atoms with Crippen molar-refractivity contribution >= 4 is 11.9 Å². The zero-order chi connectivity index (χ0) is 17.8. The van der Waals surface area contributed by atoms with Gasteiger partial charge in [-0.25, -0.2) is 0 Å². The van der Waals surface area contributed by atoms with E-state index in [0.717, 1.165) is 5.56 Å². The summed E-state index contributed by atoms with van der Waals surface area (Å²) in [7, 11) is 3.45. The Kier molecular flexibility index (Phi) is 5.98. The summed E-state index contributed by atoms with van der Waals surface area (Å²) in [5, 5.41) is 0. The van der Waals surface area contributed by atoms with E-state index in [1.54, 1.807) is 19.0 Å². The molecule has 1 aromatic rings. The van der Waals surface area contributed by atoms with Crippen molar-refractivity contribution in [3.63, 3.8) is 0 Å². The van der Waals surface area contributed by atoms with Gasteiger partial charge in [0.1, 0.15) is 5.60 Å². The van der Waals surface area contributed by atoms with Crippen LogP contribution in [0.15, 0.2) is 30.3 Å². The highest BCUT2D eigenvalue weighted by atomic mass is 16.6. The van der Waals surface area contributed by atoms with Crippen molar-refractivity contribution in [2.75, 3.05) is 14.1 Å². The third-order valence-electron chi connectivity index (χ3n) is 3.88. The molecule has 4 heteroatoms. The molecule has 0 heterocycles. The van der Waals surface area contributed by atoms with Crippen molar-refractivity contribution in [1.29, 1.82) is 0 Å². The molecule has 1 aromatic carbocycles. The fraction of sp³-hybridized carbons (Fsp3) is 0.579. The standard InChI is InChI=1S/C19H29NO3/c1-18(2,3)23-17(22)19(4,5)15(13-16(21)20(6)7)14-11-9-8-10-12-14/h8-12,15H,13H2,1-7H3. The van der Waals surface area contributed by atoms with Crippen LogP contribution in [-0.2, 0) is 14.3 Å². The van der Waals surface area contributed by atoms with Gasteiger partial charge in [-0.3, -0.25) is 9.59 Å². The molecule has 1 amide bonds. The number of nitrogens with zero attached hydrogens (tertiary/aromatic N) is 1. The molecule has 0 spiro atoms. The lowest BCUT2D eigenvalue weighted by Crippen LogP contribution is -2.39. The van der Waals surface area contributed by atoms with Gasteiger partial charge < -0.3 is 9.64 Å². The van der Waals surface area contributed by atoms with Gasteiger partial charge in [-0.1, -0.05) is 30.3 Å². The molecule has 0 bridgehead atoms. The summed E-state index contributed by atoms with van der Waals surface area (Å²) in [4.78, 5) is 26.5. The van der Waals surface area contributed by atoms with Gasteiger partial charge in [0.15, 0.2) is 0 Å². The number of hydrogen-bond donors (Lipinski definition) is 0. The topological polar surface area (TPSA) is 46.6 Å². The van der Waals surface area contributed by atoms with Gasteiger partial charge in [-0.2, -0.15) is 0 Å². The normalized spacial score (nSPS) is 13.3. The summed E-state index contributed by atoms with van der Waals surface area (Å²) < 4.78 is 5.58. The molecule has 0 aliphatic heterocycles. The molecule has 4 nitrogen and oxygen atoms in total. The first-order valence-corrected chi connectivity index (χ1v) is 7.93. The van der Waals surface area contributed by atoms with Crippen LogP contribution < -0.4 is 0 Å². The molecular formula is C19H29NO3. The second-order valence-corrected chi connectivity index (χ2v) is 7.68. The summed E-state index contributed by atoms with van der Waals surface area (Å²) in [6.07, 6.45) is 0.267. The zero-order valence-electron chi connectivity index (χ0n) is 15.3. The van der Waals surface area contributed by atoms with Crippen LogP contribution in [0, 0.1) is 5.41 Å². The first-order chi connectivity index (χ1) is 10.4. The Morgan fingerprint density at radius 1 is 1.04 bits per heavy atom. The van der Waals surface area contributed by atoms with E-state index in [1.165, 1.54) is 0 Å². The van der Waals surface area contributed by atoms with Crippen LogP contribution in [-0.4, -0.2) is 36.5 Å². The van der Waals surface area contributed by atoms with Gasteiger partial charge in [0.25, 0.3) is 0 Å². The fourth-order valence-electron chi connectivity index (χ4n) is 2.38. The Bertz CT molecular complexity index is 541. The van der Waals surface area contributed by atoms with Crippen LogP contribution in [0.3, 0.4) is 0 Å². The lowest BCUT2D eigenvalue weighted by molar-refractivity contribution is -0.167. The van der Waals surface area contributed by atoms with E-state index in [2.05, 4.69) is 0 Å². The average molecular weight is 319 g/mol. The second kappa shape index (κ2) is 7.16. The number of ether oxygens (including phenoxy) is 1. The number of esters is 1. The van der Waals surface area contributed by atoms with Crippen molar-refractivity contribution in [3.05, 3.63) is 35.9 Å². The van der Waals surface area contributed by atoms with Crippen LogP contribution in [0.4, 0.5) is 0 Å². The maximum atomic E-state index is 12.7. The van der Waals surface area contributed by atoms with Gasteiger partial charge >= 0.3 is 5.97 Å². The minimum atomic E-state index is -0.805. The van der Waals surface area contributed by atoms with E-state index in [9.17, 15) is 9.59 Å². The molecule has 0 N–H and O–H groups in total. The summed E-state index contributed by atoms with van der Waals surface area (Å²) in [6, 6.07) is 9.69. The molecule has 1 unspecified atom stereocenters. The Morgan fingerprint density at radius 3 is 2.00 bits per heavy atom.